The lowest BCUT2D eigenvalue weighted by atomic mass is 9.72. The summed E-state index contributed by atoms with van der Waals surface area (Å²) in [5, 5.41) is 7.55. The number of hydrogen-bond acceptors (Lipinski definition) is 3. The zero-order chi connectivity index (χ0) is 34.4. The van der Waals surface area contributed by atoms with E-state index in [2.05, 4.69) is 144 Å². The molecular weight excluding hydrogens is 601 g/mol. The predicted molar refractivity (Wildman–Crippen MR) is 204 cm³/mol. The lowest BCUT2D eigenvalue weighted by Gasteiger charge is -2.32. The number of benzene rings is 3. The quantitative estimate of drug-likeness (QED) is 0.146. The van der Waals surface area contributed by atoms with Gasteiger partial charge in [0.2, 0.25) is 0 Å². The van der Waals surface area contributed by atoms with Gasteiger partial charge in [-0.3, -0.25) is 4.57 Å². The lowest BCUT2D eigenvalue weighted by Crippen LogP contribution is -2.20. The highest BCUT2D eigenvalue weighted by Gasteiger charge is 2.31. The van der Waals surface area contributed by atoms with Gasteiger partial charge >= 0.3 is 0 Å². The van der Waals surface area contributed by atoms with Crippen molar-refractivity contribution in [3.8, 4) is 23.0 Å². The number of hydrogen-bond donors (Lipinski definition) is 0. The molecular formula is C44H50N4O. The zero-order valence-corrected chi connectivity index (χ0v) is 30.4. The van der Waals surface area contributed by atoms with Crippen molar-refractivity contribution >= 4 is 21.8 Å². The number of aryl methyl sites for hydroxylation is 2. The summed E-state index contributed by atoms with van der Waals surface area (Å²) in [5.41, 5.74) is 11.0. The Hall–Kier alpha value is -4.64. The maximum atomic E-state index is 6.76. The van der Waals surface area contributed by atoms with Crippen molar-refractivity contribution in [3.63, 3.8) is 0 Å². The summed E-state index contributed by atoms with van der Waals surface area (Å²) in [4.78, 5) is 4.85. The molecule has 0 radical (unpaired) electrons. The van der Waals surface area contributed by atoms with E-state index >= 15 is 0 Å². The SMILES string of the molecule is CCCCc1ccnc(-n2c3ccccc3c3ccc(Oc4cc(C(C)C)cc(-n5nc(C)c(C6C(C)=C[C@H](C)C[C@@H]6C)c5C)c4)cc32)c1. The lowest BCUT2D eigenvalue weighted by molar-refractivity contribution is 0.390. The van der Waals surface area contributed by atoms with E-state index in [9.17, 15) is 0 Å². The second-order valence-corrected chi connectivity index (χ2v) is 14.7. The van der Waals surface area contributed by atoms with E-state index in [1.165, 1.54) is 58.0 Å². The van der Waals surface area contributed by atoms with Crippen LogP contribution in [0.15, 0.2) is 90.6 Å². The molecule has 49 heavy (non-hydrogen) atoms. The van der Waals surface area contributed by atoms with E-state index < -0.39 is 0 Å². The van der Waals surface area contributed by atoms with E-state index in [1.54, 1.807) is 0 Å². The van der Waals surface area contributed by atoms with E-state index in [0.29, 0.717) is 23.7 Å². The third-order valence-corrected chi connectivity index (χ3v) is 10.6. The Labute approximate surface area is 291 Å². The minimum atomic E-state index is 0.333. The van der Waals surface area contributed by atoms with Crippen molar-refractivity contribution in [2.24, 2.45) is 11.8 Å². The van der Waals surface area contributed by atoms with Crippen molar-refractivity contribution in [3.05, 3.63) is 119 Å². The summed E-state index contributed by atoms with van der Waals surface area (Å²) in [6.07, 6.45) is 9.00. The fourth-order valence-corrected chi connectivity index (χ4v) is 8.30. The Kier molecular flexibility index (Phi) is 8.96. The molecule has 0 N–H and O–H groups in total. The average Bonchev–Trinajstić information content (AvgIpc) is 3.56. The van der Waals surface area contributed by atoms with E-state index in [1.807, 2.05) is 6.20 Å². The number of fused-ring (bicyclic) bond motifs is 3. The number of para-hydroxylation sites is 1. The van der Waals surface area contributed by atoms with Gasteiger partial charge < -0.3 is 4.74 Å². The fraction of sp³-hybridized carbons (Fsp3) is 0.364. The molecule has 3 atom stereocenters. The summed E-state index contributed by atoms with van der Waals surface area (Å²) >= 11 is 0. The largest absolute Gasteiger partial charge is 0.457 e. The second-order valence-electron chi connectivity index (χ2n) is 14.7. The number of rotatable bonds is 9. The number of unbranched alkanes of at least 4 members (excludes halogenated alkanes) is 1. The van der Waals surface area contributed by atoms with Crippen LogP contribution >= 0.6 is 0 Å². The summed E-state index contributed by atoms with van der Waals surface area (Å²) in [7, 11) is 0. The number of pyridine rings is 1. The number of ether oxygens (including phenoxy) is 1. The molecule has 6 aromatic rings. The molecule has 3 heterocycles. The number of nitrogens with zero attached hydrogens (tertiary/aromatic N) is 4. The van der Waals surface area contributed by atoms with Gasteiger partial charge in [-0.15, -0.1) is 0 Å². The molecule has 252 valence electrons. The molecule has 0 aliphatic heterocycles. The molecule has 0 saturated carbocycles. The van der Waals surface area contributed by atoms with Gasteiger partial charge in [-0.05, 0) is 111 Å². The van der Waals surface area contributed by atoms with Crippen LogP contribution in [0.25, 0.3) is 33.3 Å². The van der Waals surface area contributed by atoms with E-state index in [4.69, 9.17) is 14.8 Å². The molecule has 0 fully saturated rings. The Morgan fingerprint density at radius 3 is 2.45 bits per heavy atom. The van der Waals surface area contributed by atoms with Gasteiger partial charge in [0.25, 0.3) is 0 Å². The Morgan fingerprint density at radius 2 is 1.67 bits per heavy atom. The van der Waals surface area contributed by atoms with Crippen molar-refractivity contribution in [2.45, 2.75) is 92.9 Å². The van der Waals surface area contributed by atoms with Gasteiger partial charge in [-0.1, -0.05) is 70.9 Å². The number of aromatic nitrogens is 4. The average molecular weight is 651 g/mol. The smallest absolute Gasteiger partial charge is 0.137 e. The molecule has 1 unspecified atom stereocenters. The van der Waals surface area contributed by atoms with Crippen LogP contribution < -0.4 is 4.74 Å². The molecule has 0 bridgehead atoms. The predicted octanol–water partition coefficient (Wildman–Crippen LogP) is 11.9. The Balaban J connectivity index is 1.30. The molecule has 0 spiro atoms. The summed E-state index contributed by atoms with van der Waals surface area (Å²) in [6.45, 7) is 18.1. The first-order valence-electron chi connectivity index (χ1n) is 18.2. The van der Waals surface area contributed by atoms with Crippen LogP contribution in [0.1, 0.15) is 101 Å². The molecule has 3 aromatic carbocycles. The molecule has 3 aromatic heterocycles. The fourth-order valence-electron chi connectivity index (χ4n) is 8.30. The molecule has 5 heteroatoms. The van der Waals surface area contributed by atoms with Crippen LogP contribution in [0.4, 0.5) is 0 Å². The van der Waals surface area contributed by atoms with Gasteiger partial charge in [0.15, 0.2) is 0 Å². The van der Waals surface area contributed by atoms with Crippen molar-refractivity contribution in [2.75, 3.05) is 0 Å². The monoisotopic (exact) mass is 650 g/mol. The van der Waals surface area contributed by atoms with Crippen molar-refractivity contribution in [1.29, 1.82) is 0 Å². The molecule has 1 aliphatic carbocycles. The maximum Gasteiger partial charge on any atom is 0.137 e. The van der Waals surface area contributed by atoms with Gasteiger partial charge in [0.05, 0.1) is 22.4 Å². The Morgan fingerprint density at radius 1 is 0.878 bits per heavy atom. The van der Waals surface area contributed by atoms with Gasteiger partial charge in [-0.25, -0.2) is 9.67 Å². The molecule has 5 nitrogen and oxygen atoms in total. The summed E-state index contributed by atoms with van der Waals surface area (Å²) in [5.74, 6) is 4.48. The molecule has 1 aliphatic rings. The topological polar surface area (TPSA) is 44.9 Å². The third-order valence-electron chi connectivity index (χ3n) is 10.6. The molecule has 7 rings (SSSR count). The first kappa shape index (κ1) is 32.9. The molecule has 0 amide bonds. The third kappa shape index (κ3) is 6.20. The van der Waals surface area contributed by atoms with Crippen LogP contribution in [0.3, 0.4) is 0 Å². The minimum absolute atomic E-state index is 0.333. The molecule has 0 saturated heterocycles. The van der Waals surface area contributed by atoms with Crippen molar-refractivity contribution in [1.82, 2.24) is 19.3 Å². The first-order chi connectivity index (χ1) is 23.6. The first-order valence-corrected chi connectivity index (χ1v) is 18.2. The highest BCUT2D eigenvalue weighted by molar-refractivity contribution is 6.09. The van der Waals surface area contributed by atoms with E-state index in [0.717, 1.165) is 46.2 Å². The summed E-state index contributed by atoms with van der Waals surface area (Å²) < 4.78 is 11.2. The maximum absolute atomic E-state index is 6.76. The normalized spacial score (nSPS) is 18.1. The highest BCUT2D eigenvalue weighted by atomic mass is 16.5. The van der Waals surface area contributed by atoms with Crippen molar-refractivity contribution < 1.29 is 4.74 Å². The van der Waals surface area contributed by atoms with Gasteiger partial charge in [0, 0.05) is 46.3 Å². The zero-order valence-electron chi connectivity index (χ0n) is 30.4. The van der Waals surface area contributed by atoms with Crippen LogP contribution in [-0.4, -0.2) is 19.3 Å². The van der Waals surface area contributed by atoms with Crippen LogP contribution in [0.2, 0.25) is 0 Å². The highest BCUT2D eigenvalue weighted by Crippen LogP contribution is 2.43. The van der Waals surface area contributed by atoms with Crippen LogP contribution in [0, 0.1) is 25.7 Å². The number of allylic oxidation sites excluding steroid dienone is 2. The van der Waals surface area contributed by atoms with Crippen LogP contribution in [-0.2, 0) is 6.42 Å². The minimum Gasteiger partial charge on any atom is -0.457 e. The van der Waals surface area contributed by atoms with Gasteiger partial charge in [-0.2, -0.15) is 5.10 Å². The van der Waals surface area contributed by atoms with Crippen LogP contribution in [0.5, 0.6) is 11.5 Å². The standard InChI is InChI=1S/C44H50N4O/c1-9-10-13-33-18-19-45-42(22-33)47-40-15-12-11-14-38(40)39-17-16-36(26-41(39)47)49-37-24-34(27(2)3)23-35(25-37)48-32(8)44(31(7)46-48)43-29(5)20-28(4)21-30(43)6/h11-12,14-20,22-28,30,43H,9-10,13,21H2,1-8H3/t28-,30-,43?/m0/s1. The second kappa shape index (κ2) is 13.3. The van der Waals surface area contributed by atoms with E-state index in [-0.39, 0.29) is 0 Å². The van der Waals surface area contributed by atoms with Gasteiger partial charge in [0.1, 0.15) is 17.3 Å². The Bertz CT molecular complexity index is 2180. The summed E-state index contributed by atoms with van der Waals surface area (Å²) in [6, 6.07) is 26.0.